The van der Waals surface area contributed by atoms with Crippen LogP contribution in [0.2, 0.25) is 0 Å². The van der Waals surface area contributed by atoms with E-state index in [-0.39, 0.29) is 0 Å². The molecule has 0 saturated heterocycles. The molecule has 0 N–H and O–H groups in total. The highest BCUT2D eigenvalue weighted by Gasteiger charge is 2.23. The molecule has 1 nitrogen and oxygen atoms in total. The normalized spacial score (nSPS) is 28.4. The Morgan fingerprint density at radius 2 is 2.33 bits per heavy atom. The topological polar surface area (TPSA) is 12.4 Å². The van der Waals surface area contributed by atoms with Crippen molar-refractivity contribution in [2.24, 2.45) is 16.8 Å². The average molecular weight is 163 g/mol. The van der Waals surface area contributed by atoms with E-state index in [0.717, 1.165) is 18.4 Å². The first kappa shape index (κ1) is 8.03. The van der Waals surface area contributed by atoms with E-state index in [4.69, 9.17) is 0 Å². The summed E-state index contributed by atoms with van der Waals surface area (Å²) in [5, 5.41) is 0. The maximum Gasteiger partial charge on any atom is 0.0605 e. The molecule has 1 heterocycles. The van der Waals surface area contributed by atoms with E-state index >= 15 is 0 Å². The molecule has 0 aromatic carbocycles. The SMILES string of the molecule is CC(C)C1CCC2=C(C=NC2)C1. The second-order valence-corrected chi connectivity index (χ2v) is 4.35. The summed E-state index contributed by atoms with van der Waals surface area (Å²) >= 11 is 0. The molecule has 66 valence electrons. The second-order valence-electron chi connectivity index (χ2n) is 4.35. The van der Waals surface area contributed by atoms with Gasteiger partial charge in [-0.05, 0) is 42.2 Å². The molecule has 0 saturated carbocycles. The van der Waals surface area contributed by atoms with Gasteiger partial charge in [0.05, 0.1) is 6.54 Å². The molecule has 0 aromatic heterocycles. The van der Waals surface area contributed by atoms with E-state index in [9.17, 15) is 0 Å². The van der Waals surface area contributed by atoms with Gasteiger partial charge in [-0.3, -0.25) is 4.99 Å². The summed E-state index contributed by atoms with van der Waals surface area (Å²) in [7, 11) is 0. The lowest BCUT2D eigenvalue weighted by Crippen LogP contribution is -2.15. The van der Waals surface area contributed by atoms with E-state index in [2.05, 4.69) is 25.1 Å². The maximum atomic E-state index is 4.32. The molecule has 12 heavy (non-hydrogen) atoms. The molecule has 0 bridgehead atoms. The zero-order valence-electron chi connectivity index (χ0n) is 8.01. The summed E-state index contributed by atoms with van der Waals surface area (Å²) in [5.41, 5.74) is 3.17. The van der Waals surface area contributed by atoms with E-state index in [1.54, 1.807) is 11.1 Å². The Labute approximate surface area is 74.6 Å². The van der Waals surface area contributed by atoms with Gasteiger partial charge in [0.15, 0.2) is 0 Å². The van der Waals surface area contributed by atoms with Crippen LogP contribution in [0.1, 0.15) is 33.1 Å². The Balaban J connectivity index is 2.08. The Morgan fingerprint density at radius 1 is 1.50 bits per heavy atom. The van der Waals surface area contributed by atoms with Gasteiger partial charge in [-0.25, -0.2) is 0 Å². The van der Waals surface area contributed by atoms with Gasteiger partial charge in [-0.15, -0.1) is 0 Å². The number of rotatable bonds is 1. The van der Waals surface area contributed by atoms with Gasteiger partial charge in [0.25, 0.3) is 0 Å². The molecule has 0 fully saturated rings. The third-order valence-electron chi connectivity index (χ3n) is 3.23. The minimum atomic E-state index is 0.841. The predicted molar refractivity (Wildman–Crippen MR) is 52.6 cm³/mol. The molecule has 1 aliphatic heterocycles. The van der Waals surface area contributed by atoms with Gasteiger partial charge in [0.1, 0.15) is 0 Å². The minimum absolute atomic E-state index is 0.841. The third-order valence-corrected chi connectivity index (χ3v) is 3.23. The number of hydrogen-bond acceptors (Lipinski definition) is 1. The van der Waals surface area contributed by atoms with Crippen molar-refractivity contribution in [3.05, 3.63) is 11.1 Å². The molecule has 1 aliphatic carbocycles. The fourth-order valence-corrected chi connectivity index (χ4v) is 2.21. The van der Waals surface area contributed by atoms with Crippen LogP contribution in [0.15, 0.2) is 16.1 Å². The number of nitrogens with zero attached hydrogens (tertiary/aromatic N) is 1. The van der Waals surface area contributed by atoms with Crippen molar-refractivity contribution in [3.8, 4) is 0 Å². The highest BCUT2D eigenvalue weighted by atomic mass is 14.7. The van der Waals surface area contributed by atoms with Gasteiger partial charge < -0.3 is 0 Å². The van der Waals surface area contributed by atoms with Gasteiger partial charge in [-0.2, -0.15) is 0 Å². The van der Waals surface area contributed by atoms with Crippen molar-refractivity contribution in [1.29, 1.82) is 0 Å². The average Bonchev–Trinajstić information content (AvgIpc) is 2.49. The van der Waals surface area contributed by atoms with Crippen LogP contribution in [0.25, 0.3) is 0 Å². The standard InChI is InChI=1S/C11H17N/c1-8(2)9-3-4-10-6-12-7-11(10)5-9/h7-9H,3-6H2,1-2H3. The summed E-state index contributed by atoms with van der Waals surface area (Å²) in [6.07, 6.45) is 6.08. The van der Waals surface area contributed by atoms with Gasteiger partial charge in [0, 0.05) is 6.21 Å². The first-order valence-corrected chi connectivity index (χ1v) is 4.98. The first-order chi connectivity index (χ1) is 5.77. The lowest BCUT2D eigenvalue weighted by Gasteiger charge is -2.26. The molecule has 1 heteroatoms. The lowest BCUT2D eigenvalue weighted by molar-refractivity contribution is 0.347. The monoisotopic (exact) mass is 163 g/mol. The Kier molecular flexibility index (Phi) is 2.03. The molecule has 0 radical (unpaired) electrons. The largest absolute Gasteiger partial charge is 0.288 e. The lowest BCUT2D eigenvalue weighted by atomic mass is 9.79. The van der Waals surface area contributed by atoms with Crippen LogP contribution < -0.4 is 0 Å². The van der Waals surface area contributed by atoms with Crippen molar-refractivity contribution in [3.63, 3.8) is 0 Å². The highest BCUT2D eigenvalue weighted by Crippen LogP contribution is 2.34. The molecule has 2 rings (SSSR count). The summed E-state index contributed by atoms with van der Waals surface area (Å²) in [6.45, 7) is 5.67. The Hall–Kier alpha value is -0.590. The summed E-state index contributed by atoms with van der Waals surface area (Å²) in [4.78, 5) is 4.32. The van der Waals surface area contributed by atoms with Crippen molar-refractivity contribution in [1.82, 2.24) is 0 Å². The number of hydrogen-bond donors (Lipinski definition) is 0. The minimum Gasteiger partial charge on any atom is -0.288 e. The van der Waals surface area contributed by atoms with Crippen LogP contribution in [-0.4, -0.2) is 12.8 Å². The van der Waals surface area contributed by atoms with E-state index in [0.29, 0.717) is 0 Å². The maximum absolute atomic E-state index is 4.32. The predicted octanol–water partition coefficient (Wildman–Crippen LogP) is 2.82. The fourth-order valence-electron chi connectivity index (χ4n) is 2.21. The van der Waals surface area contributed by atoms with Crippen LogP contribution in [0.3, 0.4) is 0 Å². The van der Waals surface area contributed by atoms with Crippen LogP contribution in [-0.2, 0) is 0 Å². The molecule has 1 unspecified atom stereocenters. The van der Waals surface area contributed by atoms with E-state index in [1.807, 2.05) is 0 Å². The van der Waals surface area contributed by atoms with E-state index in [1.165, 1.54) is 19.3 Å². The summed E-state index contributed by atoms with van der Waals surface area (Å²) < 4.78 is 0. The van der Waals surface area contributed by atoms with Crippen molar-refractivity contribution in [2.75, 3.05) is 6.54 Å². The van der Waals surface area contributed by atoms with Crippen molar-refractivity contribution >= 4 is 6.21 Å². The zero-order valence-corrected chi connectivity index (χ0v) is 8.01. The highest BCUT2D eigenvalue weighted by molar-refractivity contribution is 5.82. The summed E-state index contributed by atoms with van der Waals surface area (Å²) in [6, 6.07) is 0. The molecule has 0 spiro atoms. The number of aliphatic imine (C=N–C) groups is 1. The smallest absolute Gasteiger partial charge is 0.0605 e. The summed E-state index contributed by atoms with van der Waals surface area (Å²) in [5.74, 6) is 1.75. The number of allylic oxidation sites excluding steroid dienone is 1. The zero-order chi connectivity index (χ0) is 8.55. The quantitative estimate of drug-likeness (QED) is 0.563. The van der Waals surface area contributed by atoms with Gasteiger partial charge >= 0.3 is 0 Å². The molecular formula is C11H17N. The van der Waals surface area contributed by atoms with Crippen LogP contribution in [0.4, 0.5) is 0 Å². The van der Waals surface area contributed by atoms with Crippen LogP contribution in [0.5, 0.6) is 0 Å². The fraction of sp³-hybridized carbons (Fsp3) is 0.727. The Morgan fingerprint density at radius 3 is 3.08 bits per heavy atom. The molecule has 2 aliphatic rings. The molecule has 0 amide bonds. The van der Waals surface area contributed by atoms with E-state index < -0.39 is 0 Å². The van der Waals surface area contributed by atoms with Crippen LogP contribution in [0, 0.1) is 11.8 Å². The van der Waals surface area contributed by atoms with Crippen molar-refractivity contribution < 1.29 is 0 Å². The van der Waals surface area contributed by atoms with Crippen molar-refractivity contribution in [2.45, 2.75) is 33.1 Å². The second kappa shape index (κ2) is 3.04. The molecule has 0 aromatic rings. The van der Waals surface area contributed by atoms with Crippen LogP contribution >= 0.6 is 0 Å². The first-order valence-electron chi connectivity index (χ1n) is 4.98. The Bertz CT molecular complexity index is 235. The third kappa shape index (κ3) is 1.33. The molecular weight excluding hydrogens is 146 g/mol. The molecule has 1 atom stereocenters. The van der Waals surface area contributed by atoms with Gasteiger partial charge in [-0.1, -0.05) is 13.8 Å². The van der Waals surface area contributed by atoms with Gasteiger partial charge in [0.2, 0.25) is 0 Å².